The van der Waals surface area contributed by atoms with Crippen molar-refractivity contribution in [2.75, 3.05) is 0 Å². The molecule has 0 fully saturated rings. The number of halogens is 2. The van der Waals surface area contributed by atoms with Gasteiger partial charge in [-0.25, -0.2) is 0 Å². The van der Waals surface area contributed by atoms with Crippen molar-refractivity contribution in [3.63, 3.8) is 0 Å². The summed E-state index contributed by atoms with van der Waals surface area (Å²) in [4.78, 5) is 3.98. The first kappa shape index (κ1) is 12.3. The second-order valence-corrected chi connectivity index (χ2v) is 5.85. The molecule has 0 radical (unpaired) electrons. The Bertz CT molecular complexity index is 598. The summed E-state index contributed by atoms with van der Waals surface area (Å²) in [6.07, 6.45) is 3.29. The van der Waals surface area contributed by atoms with E-state index in [1.54, 1.807) is 18.5 Å². The molecular formula is C12H6BrClN2S. The lowest BCUT2D eigenvalue weighted by Crippen LogP contribution is -1.85. The van der Waals surface area contributed by atoms with E-state index in [0.717, 1.165) is 14.9 Å². The average Bonchev–Trinajstić information content (AvgIpc) is 2.78. The monoisotopic (exact) mass is 324 g/mol. The molecule has 0 saturated carbocycles. The van der Waals surface area contributed by atoms with E-state index in [9.17, 15) is 5.26 Å². The number of hydrogen-bond acceptors (Lipinski definition) is 3. The minimum Gasteiger partial charge on any atom is -0.264 e. The highest BCUT2D eigenvalue weighted by Gasteiger charge is 2.10. The molecule has 84 valence electrons. The van der Waals surface area contributed by atoms with Crippen LogP contribution in [0, 0.1) is 11.3 Å². The minimum absolute atomic E-state index is 0.435. The van der Waals surface area contributed by atoms with Crippen molar-refractivity contribution in [3.05, 3.63) is 50.9 Å². The van der Waals surface area contributed by atoms with Gasteiger partial charge in [0, 0.05) is 28.9 Å². The van der Waals surface area contributed by atoms with Crippen LogP contribution >= 0.6 is 38.9 Å². The Morgan fingerprint density at radius 2 is 2.29 bits per heavy atom. The molecule has 0 bridgehead atoms. The second-order valence-electron chi connectivity index (χ2n) is 3.18. The summed E-state index contributed by atoms with van der Waals surface area (Å²) in [5.74, 6) is 0. The zero-order valence-electron chi connectivity index (χ0n) is 8.52. The van der Waals surface area contributed by atoms with Crippen LogP contribution in [0.1, 0.15) is 11.1 Å². The fourth-order valence-corrected chi connectivity index (χ4v) is 2.79. The van der Waals surface area contributed by atoms with E-state index in [0.29, 0.717) is 10.6 Å². The maximum absolute atomic E-state index is 9.19. The van der Waals surface area contributed by atoms with Crippen molar-refractivity contribution in [1.29, 1.82) is 5.26 Å². The molecule has 0 aromatic carbocycles. The number of aromatic nitrogens is 1. The van der Waals surface area contributed by atoms with Crippen LogP contribution in [0.5, 0.6) is 0 Å². The lowest BCUT2D eigenvalue weighted by molar-refractivity contribution is 1.31. The lowest BCUT2D eigenvalue weighted by atomic mass is 10.1. The number of thiophene rings is 1. The number of nitriles is 1. The molecule has 2 aromatic heterocycles. The summed E-state index contributed by atoms with van der Waals surface area (Å²) >= 11 is 11.1. The quantitative estimate of drug-likeness (QED) is 0.760. The van der Waals surface area contributed by atoms with E-state index >= 15 is 0 Å². The normalized spacial score (nSPS) is 11.8. The number of pyridine rings is 1. The maximum Gasteiger partial charge on any atom is 0.101 e. The molecule has 2 nitrogen and oxygen atoms in total. The molecular weight excluding hydrogens is 320 g/mol. The highest BCUT2D eigenvalue weighted by molar-refractivity contribution is 9.11. The van der Waals surface area contributed by atoms with Crippen LogP contribution in [0.2, 0.25) is 0 Å². The fraction of sp³-hybridized carbons (Fsp3) is 0. The molecule has 0 amide bonds. The summed E-state index contributed by atoms with van der Waals surface area (Å²) in [6.45, 7) is 0. The highest BCUT2D eigenvalue weighted by atomic mass is 79.9. The van der Waals surface area contributed by atoms with E-state index in [2.05, 4.69) is 27.0 Å². The van der Waals surface area contributed by atoms with Crippen molar-refractivity contribution in [1.82, 2.24) is 4.98 Å². The van der Waals surface area contributed by atoms with E-state index in [1.165, 1.54) is 11.3 Å². The molecule has 2 rings (SSSR count). The van der Waals surface area contributed by atoms with E-state index in [4.69, 9.17) is 11.6 Å². The van der Waals surface area contributed by atoms with Gasteiger partial charge in [0.1, 0.15) is 6.07 Å². The first-order valence-corrected chi connectivity index (χ1v) is 6.72. The van der Waals surface area contributed by atoms with E-state index in [-0.39, 0.29) is 0 Å². The second kappa shape index (κ2) is 5.46. The summed E-state index contributed by atoms with van der Waals surface area (Å²) in [5, 5.41) is 11.5. The van der Waals surface area contributed by atoms with Crippen molar-refractivity contribution in [2.24, 2.45) is 0 Å². The van der Waals surface area contributed by atoms with Gasteiger partial charge in [-0.15, -0.1) is 11.3 Å². The van der Waals surface area contributed by atoms with E-state index < -0.39 is 0 Å². The molecule has 0 N–H and O–H groups in total. The van der Waals surface area contributed by atoms with Gasteiger partial charge in [0.25, 0.3) is 0 Å². The minimum atomic E-state index is 0.435. The topological polar surface area (TPSA) is 36.7 Å². The molecule has 5 heteroatoms. The predicted octanol–water partition coefficient (Wildman–Crippen LogP) is 4.54. The van der Waals surface area contributed by atoms with Crippen molar-refractivity contribution < 1.29 is 0 Å². The molecule has 0 aliphatic heterocycles. The van der Waals surface area contributed by atoms with Crippen LogP contribution in [-0.2, 0) is 0 Å². The van der Waals surface area contributed by atoms with Crippen molar-refractivity contribution in [3.8, 4) is 6.07 Å². The van der Waals surface area contributed by atoms with Gasteiger partial charge >= 0.3 is 0 Å². The third kappa shape index (κ3) is 2.75. The Morgan fingerprint density at radius 3 is 2.82 bits per heavy atom. The number of hydrogen-bond donors (Lipinski definition) is 0. The maximum atomic E-state index is 9.19. The van der Waals surface area contributed by atoms with Gasteiger partial charge in [0.15, 0.2) is 0 Å². The van der Waals surface area contributed by atoms with Crippen molar-refractivity contribution in [2.45, 2.75) is 0 Å². The van der Waals surface area contributed by atoms with E-state index in [1.807, 2.05) is 17.5 Å². The van der Waals surface area contributed by atoms with Gasteiger partial charge < -0.3 is 0 Å². The summed E-state index contributed by atoms with van der Waals surface area (Å²) < 4.78 is 0.981. The van der Waals surface area contributed by atoms with Gasteiger partial charge in [0.2, 0.25) is 0 Å². The van der Waals surface area contributed by atoms with Crippen LogP contribution in [-0.4, -0.2) is 4.98 Å². The Morgan fingerprint density at radius 1 is 1.47 bits per heavy atom. The molecule has 0 saturated heterocycles. The fourth-order valence-electron chi connectivity index (χ4n) is 1.32. The Hall–Kier alpha value is -1.15. The number of nitrogens with zero attached hydrogens (tertiary/aromatic N) is 2. The van der Waals surface area contributed by atoms with Gasteiger partial charge in [-0.3, -0.25) is 4.98 Å². The summed E-state index contributed by atoms with van der Waals surface area (Å²) in [7, 11) is 0. The molecule has 2 aromatic rings. The molecule has 0 aliphatic carbocycles. The Balaban J connectivity index is 2.52. The predicted molar refractivity (Wildman–Crippen MR) is 74.5 cm³/mol. The van der Waals surface area contributed by atoms with Crippen LogP contribution in [0.15, 0.2) is 39.8 Å². The molecule has 2 heterocycles. The van der Waals surface area contributed by atoms with Gasteiger partial charge in [-0.05, 0) is 28.1 Å². The first-order valence-electron chi connectivity index (χ1n) is 4.67. The molecule has 0 atom stereocenters. The van der Waals surface area contributed by atoms with Crippen LogP contribution in [0.3, 0.4) is 0 Å². The lowest BCUT2D eigenvalue weighted by Gasteiger charge is -2.01. The van der Waals surface area contributed by atoms with Crippen LogP contribution < -0.4 is 0 Å². The molecule has 0 spiro atoms. The molecule has 0 unspecified atom stereocenters. The summed E-state index contributed by atoms with van der Waals surface area (Å²) in [5.41, 5.74) is 2.00. The standard InChI is InChI=1S/C12H6BrClN2S/c13-11-4-9(7-17-11)12(14)10(5-15)8-2-1-3-16-6-8/h1-4,6-7H/b12-10-. The third-order valence-corrected chi connectivity index (χ3v) is 4.01. The van der Waals surface area contributed by atoms with Crippen LogP contribution in [0.25, 0.3) is 10.6 Å². The zero-order valence-corrected chi connectivity index (χ0v) is 11.7. The Labute approximate surface area is 116 Å². The highest BCUT2D eigenvalue weighted by Crippen LogP contribution is 2.33. The Kier molecular flexibility index (Phi) is 3.95. The largest absolute Gasteiger partial charge is 0.264 e. The van der Waals surface area contributed by atoms with Gasteiger partial charge in [0.05, 0.1) is 14.4 Å². The number of rotatable bonds is 2. The van der Waals surface area contributed by atoms with Crippen LogP contribution in [0.4, 0.5) is 0 Å². The SMILES string of the molecule is N#C/C(=C(/Cl)c1csc(Br)c1)c1cccnc1. The average molecular weight is 326 g/mol. The third-order valence-electron chi connectivity index (χ3n) is 2.10. The first-order chi connectivity index (χ1) is 8.22. The molecule has 0 aliphatic rings. The molecule has 17 heavy (non-hydrogen) atoms. The summed E-state index contributed by atoms with van der Waals surface area (Å²) in [6, 6.07) is 7.61. The van der Waals surface area contributed by atoms with Gasteiger partial charge in [-0.2, -0.15) is 5.26 Å². The number of allylic oxidation sites excluding steroid dienone is 1. The smallest absolute Gasteiger partial charge is 0.101 e. The van der Waals surface area contributed by atoms with Gasteiger partial charge in [-0.1, -0.05) is 17.7 Å². The van der Waals surface area contributed by atoms with Crippen molar-refractivity contribution >= 4 is 49.5 Å². The zero-order chi connectivity index (χ0) is 12.3.